The Morgan fingerprint density at radius 1 is 1.28 bits per heavy atom. The molecule has 1 aromatic carbocycles. The van der Waals surface area contributed by atoms with E-state index in [1.807, 2.05) is 6.07 Å². The van der Waals surface area contributed by atoms with Crippen molar-refractivity contribution in [1.82, 2.24) is 0 Å². The van der Waals surface area contributed by atoms with Gasteiger partial charge in [0, 0.05) is 9.99 Å². The number of ether oxygens (including phenoxy) is 2. The Morgan fingerprint density at radius 2 is 2.00 bits per heavy atom. The van der Waals surface area contributed by atoms with Crippen LogP contribution in [-0.2, 0) is 20.7 Å². The first-order valence-corrected chi connectivity index (χ1v) is 6.68. The van der Waals surface area contributed by atoms with Gasteiger partial charge < -0.3 is 9.47 Å². The van der Waals surface area contributed by atoms with Crippen molar-refractivity contribution in [2.45, 2.75) is 19.8 Å². The summed E-state index contributed by atoms with van der Waals surface area (Å²) in [6, 6.07) is 5.45. The molecule has 1 aromatic rings. The fourth-order valence-electron chi connectivity index (χ4n) is 1.48. The SMILES string of the molecule is CCOC(=O)c1cc(I)cc(CCC(=O)OC)c1. The zero-order valence-corrected chi connectivity index (χ0v) is 12.5. The highest BCUT2D eigenvalue weighted by Gasteiger charge is 2.10. The third kappa shape index (κ3) is 4.64. The Hall–Kier alpha value is -1.11. The summed E-state index contributed by atoms with van der Waals surface area (Å²) >= 11 is 2.14. The molecule has 0 bridgehead atoms. The molecule has 0 radical (unpaired) electrons. The maximum atomic E-state index is 11.6. The Kier molecular flexibility index (Phi) is 6.11. The van der Waals surface area contributed by atoms with E-state index < -0.39 is 0 Å². The van der Waals surface area contributed by atoms with Gasteiger partial charge in [-0.3, -0.25) is 4.79 Å². The number of aryl methyl sites for hydroxylation is 1. The first-order chi connectivity index (χ1) is 8.56. The fourth-order valence-corrected chi connectivity index (χ4v) is 2.21. The van der Waals surface area contributed by atoms with E-state index in [0.29, 0.717) is 25.0 Å². The summed E-state index contributed by atoms with van der Waals surface area (Å²) in [5, 5.41) is 0. The Bertz CT molecular complexity index is 443. The Balaban J connectivity index is 2.80. The number of esters is 2. The predicted octanol–water partition coefficient (Wildman–Crippen LogP) is 2.57. The van der Waals surface area contributed by atoms with Crippen molar-refractivity contribution in [2.24, 2.45) is 0 Å². The Labute approximate surface area is 120 Å². The highest BCUT2D eigenvalue weighted by atomic mass is 127. The van der Waals surface area contributed by atoms with Crippen LogP contribution >= 0.6 is 22.6 Å². The molecule has 0 aromatic heterocycles. The molecule has 0 aliphatic carbocycles. The molecule has 0 N–H and O–H groups in total. The molecule has 0 fully saturated rings. The first-order valence-electron chi connectivity index (χ1n) is 5.60. The van der Waals surface area contributed by atoms with Gasteiger partial charge in [0.15, 0.2) is 0 Å². The molecular formula is C13H15IO4. The van der Waals surface area contributed by atoms with Gasteiger partial charge in [-0.05, 0) is 59.7 Å². The van der Waals surface area contributed by atoms with Gasteiger partial charge in [0.25, 0.3) is 0 Å². The zero-order valence-electron chi connectivity index (χ0n) is 10.4. The number of hydrogen-bond acceptors (Lipinski definition) is 4. The molecular weight excluding hydrogens is 347 g/mol. The van der Waals surface area contributed by atoms with Gasteiger partial charge in [-0.25, -0.2) is 4.79 Å². The molecule has 5 heteroatoms. The summed E-state index contributed by atoms with van der Waals surface area (Å²) in [6.07, 6.45) is 0.856. The summed E-state index contributed by atoms with van der Waals surface area (Å²) in [7, 11) is 1.36. The second kappa shape index (κ2) is 7.35. The van der Waals surface area contributed by atoms with Crippen molar-refractivity contribution in [2.75, 3.05) is 13.7 Å². The van der Waals surface area contributed by atoms with Gasteiger partial charge in [0.2, 0.25) is 0 Å². The van der Waals surface area contributed by atoms with E-state index in [1.165, 1.54) is 7.11 Å². The summed E-state index contributed by atoms with van der Waals surface area (Å²) in [4.78, 5) is 22.7. The number of rotatable bonds is 5. The molecule has 0 amide bonds. The highest BCUT2D eigenvalue weighted by Crippen LogP contribution is 2.15. The predicted molar refractivity (Wildman–Crippen MR) is 75.5 cm³/mol. The van der Waals surface area contributed by atoms with Gasteiger partial charge in [0.05, 0.1) is 19.3 Å². The van der Waals surface area contributed by atoms with Crippen LogP contribution in [0.5, 0.6) is 0 Å². The van der Waals surface area contributed by atoms with E-state index in [4.69, 9.17) is 4.74 Å². The molecule has 98 valence electrons. The molecule has 18 heavy (non-hydrogen) atoms. The quantitative estimate of drug-likeness (QED) is 0.597. The maximum Gasteiger partial charge on any atom is 0.338 e. The number of methoxy groups -OCH3 is 1. The van der Waals surface area contributed by atoms with E-state index in [2.05, 4.69) is 27.3 Å². The van der Waals surface area contributed by atoms with E-state index in [1.54, 1.807) is 19.1 Å². The first kappa shape index (κ1) is 14.9. The fraction of sp³-hybridized carbons (Fsp3) is 0.385. The lowest BCUT2D eigenvalue weighted by Crippen LogP contribution is -2.07. The van der Waals surface area contributed by atoms with Crippen molar-refractivity contribution in [3.8, 4) is 0 Å². The summed E-state index contributed by atoms with van der Waals surface area (Å²) < 4.78 is 10.5. The highest BCUT2D eigenvalue weighted by molar-refractivity contribution is 14.1. The van der Waals surface area contributed by atoms with Crippen LogP contribution in [0.1, 0.15) is 29.3 Å². The van der Waals surface area contributed by atoms with Crippen molar-refractivity contribution >= 4 is 34.5 Å². The van der Waals surface area contributed by atoms with Crippen LogP contribution in [0.4, 0.5) is 0 Å². The van der Waals surface area contributed by atoms with Crippen LogP contribution in [0.3, 0.4) is 0 Å². The summed E-state index contributed by atoms with van der Waals surface area (Å²) in [6.45, 7) is 2.12. The van der Waals surface area contributed by atoms with Crippen LogP contribution in [0.2, 0.25) is 0 Å². The lowest BCUT2D eigenvalue weighted by Gasteiger charge is -2.06. The lowest BCUT2D eigenvalue weighted by atomic mass is 10.1. The smallest absolute Gasteiger partial charge is 0.338 e. The second-order valence-corrected chi connectivity index (χ2v) is 4.89. The molecule has 0 saturated heterocycles. The topological polar surface area (TPSA) is 52.6 Å². The van der Waals surface area contributed by atoms with Crippen molar-refractivity contribution in [3.63, 3.8) is 0 Å². The van der Waals surface area contributed by atoms with Gasteiger partial charge in [-0.2, -0.15) is 0 Å². The number of carbonyl (C=O) groups is 2. The maximum absolute atomic E-state index is 11.6. The molecule has 0 saturated carbocycles. The van der Waals surface area contributed by atoms with Crippen molar-refractivity contribution in [3.05, 3.63) is 32.9 Å². The summed E-state index contributed by atoms with van der Waals surface area (Å²) in [5.74, 6) is -0.595. The minimum Gasteiger partial charge on any atom is -0.469 e. The number of carbonyl (C=O) groups excluding carboxylic acids is 2. The van der Waals surface area contributed by atoms with Crippen LogP contribution < -0.4 is 0 Å². The van der Waals surface area contributed by atoms with E-state index >= 15 is 0 Å². The monoisotopic (exact) mass is 362 g/mol. The molecule has 0 aliphatic heterocycles. The van der Waals surface area contributed by atoms with Crippen molar-refractivity contribution in [1.29, 1.82) is 0 Å². The van der Waals surface area contributed by atoms with E-state index in [9.17, 15) is 9.59 Å². The molecule has 0 spiro atoms. The molecule has 0 heterocycles. The zero-order chi connectivity index (χ0) is 13.5. The number of benzene rings is 1. The average Bonchev–Trinajstić information content (AvgIpc) is 2.35. The van der Waals surface area contributed by atoms with E-state index in [0.717, 1.165) is 9.13 Å². The second-order valence-electron chi connectivity index (χ2n) is 3.64. The van der Waals surface area contributed by atoms with Gasteiger partial charge in [0.1, 0.15) is 0 Å². The van der Waals surface area contributed by atoms with Crippen LogP contribution in [0, 0.1) is 3.57 Å². The normalized spacial score (nSPS) is 9.94. The summed E-state index contributed by atoms with van der Waals surface area (Å²) in [5.41, 5.74) is 1.44. The Morgan fingerprint density at radius 3 is 2.61 bits per heavy atom. The molecule has 0 aliphatic rings. The standard InChI is InChI=1S/C13H15IO4/c1-3-18-13(16)10-6-9(7-11(14)8-10)4-5-12(15)17-2/h6-8H,3-5H2,1-2H3. The molecule has 1 rings (SSSR count). The van der Waals surface area contributed by atoms with E-state index in [-0.39, 0.29) is 11.9 Å². The van der Waals surface area contributed by atoms with Crippen LogP contribution in [0.15, 0.2) is 18.2 Å². The number of hydrogen-bond donors (Lipinski definition) is 0. The van der Waals surface area contributed by atoms with Crippen LogP contribution in [-0.4, -0.2) is 25.7 Å². The third-order valence-corrected chi connectivity index (χ3v) is 2.94. The molecule has 0 atom stereocenters. The van der Waals surface area contributed by atoms with Crippen LogP contribution in [0.25, 0.3) is 0 Å². The van der Waals surface area contributed by atoms with Gasteiger partial charge in [-0.1, -0.05) is 0 Å². The average molecular weight is 362 g/mol. The minimum atomic E-state index is -0.338. The minimum absolute atomic E-state index is 0.258. The third-order valence-electron chi connectivity index (χ3n) is 2.31. The molecule has 4 nitrogen and oxygen atoms in total. The number of halogens is 1. The van der Waals surface area contributed by atoms with Gasteiger partial charge in [-0.15, -0.1) is 0 Å². The van der Waals surface area contributed by atoms with Crippen molar-refractivity contribution < 1.29 is 19.1 Å². The van der Waals surface area contributed by atoms with Gasteiger partial charge >= 0.3 is 11.9 Å². The molecule has 0 unspecified atom stereocenters. The largest absolute Gasteiger partial charge is 0.469 e. The lowest BCUT2D eigenvalue weighted by molar-refractivity contribution is -0.140.